The van der Waals surface area contributed by atoms with E-state index in [0.717, 1.165) is 42.9 Å². The molecule has 0 aromatic rings. The van der Waals surface area contributed by atoms with Crippen LogP contribution in [-0.4, -0.2) is 11.6 Å². The molecule has 0 bridgehead atoms. The molecule has 3 saturated carbocycles. The van der Waals surface area contributed by atoms with E-state index >= 15 is 0 Å². The van der Waals surface area contributed by atoms with Crippen molar-refractivity contribution in [3.63, 3.8) is 0 Å². The van der Waals surface area contributed by atoms with Gasteiger partial charge >= 0.3 is 5.97 Å². The average molecular weight is 353 g/mol. The minimum atomic E-state index is -0.720. The zero-order chi connectivity index (χ0) is 18.4. The number of allylic oxidation sites excluding steroid dienone is 3. The van der Waals surface area contributed by atoms with Crippen molar-refractivity contribution in [3.8, 4) is 12.3 Å². The molecule has 2 heteroatoms. The lowest BCUT2D eigenvalue weighted by Gasteiger charge is -2.56. The summed E-state index contributed by atoms with van der Waals surface area (Å²) in [5.74, 6) is 6.66. The first-order valence-corrected chi connectivity index (χ1v) is 10.5. The molecule has 4 aliphatic rings. The minimum Gasteiger partial charge on any atom is -0.442 e. The van der Waals surface area contributed by atoms with Gasteiger partial charge < -0.3 is 4.74 Å². The Hall–Kier alpha value is -1.49. The number of carbonyl (C=O) groups excluding carboxylic acids is 1. The van der Waals surface area contributed by atoms with Crippen molar-refractivity contribution >= 4 is 5.97 Å². The van der Waals surface area contributed by atoms with E-state index in [1.54, 1.807) is 6.08 Å². The van der Waals surface area contributed by atoms with E-state index < -0.39 is 5.60 Å². The number of ether oxygens (including phenoxy) is 1. The molecule has 0 amide bonds. The molecule has 0 spiro atoms. The Morgan fingerprint density at radius 3 is 2.69 bits per heavy atom. The molecule has 0 aliphatic heterocycles. The maximum Gasteiger partial charge on any atom is 0.331 e. The third-order valence-electron chi connectivity index (χ3n) is 8.46. The van der Waals surface area contributed by atoms with Gasteiger partial charge in [0.25, 0.3) is 0 Å². The zero-order valence-corrected chi connectivity index (χ0v) is 16.2. The lowest BCUT2D eigenvalue weighted by molar-refractivity contribution is -0.165. The van der Waals surface area contributed by atoms with Crippen LogP contribution in [-0.2, 0) is 9.53 Å². The number of rotatable bonds is 2. The second-order valence-electron chi connectivity index (χ2n) is 9.27. The summed E-state index contributed by atoms with van der Waals surface area (Å²) in [5, 5.41) is 0. The van der Waals surface area contributed by atoms with Crippen molar-refractivity contribution < 1.29 is 9.53 Å². The molecule has 0 aromatic heterocycles. The van der Waals surface area contributed by atoms with Gasteiger partial charge in [-0.2, -0.15) is 0 Å². The summed E-state index contributed by atoms with van der Waals surface area (Å²) >= 11 is 0. The second kappa shape index (κ2) is 6.59. The van der Waals surface area contributed by atoms with Crippen molar-refractivity contribution in [2.75, 3.05) is 0 Å². The van der Waals surface area contributed by atoms with Crippen molar-refractivity contribution in [3.05, 3.63) is 24.3 Å². The van der Waals surface area contributed by atoms with E-state index in [1.807, 2.05) is 6.92 Å². The Labute approximate surface area is 158 Å². The number of esters is 1. The lowest BCUT2D eigenvalue weighted by atomic mass is 9.49. The van der Waals surface area contributed by atoms with Crippen LogP contribution in [0.1, 0.15) is 65.2 Å². The van der Waals surface area contributed by atoms with Crippen molar-refractivity contribution in [1.29, 1.82) is 0 Å². The Morgan fingerprint density at radius 1 is 1.12 bits per heavy atom. The second-order valence-corrected chi connectivity index (χ2v) is 9.27. The fourth-order valence-corrected chi connectivity index (χ4v) is 7.19. The van der Waals surface area contributed by atoms with Crippen molar-refractivity contribution in [1.82, 2.24) is 0 Å². The smallest absolute Gasteiger partial charge is 0.331 e. The van der Waals surface area contributed by atoms with Gasteiger partial charge in [0.1, 0.15) is 0 Å². The molecule has 0 heterocycles. The van der Waals surface area contributed by atoms with E-state index in [9.17, 15) is 4.79 Å². The predicted octanol–water partition coefficient (Wildman–Crippen LogP) is 5.30. The molecule has 140 valence electrons. The molecule has 0 saturated heterocycles. The monoisotopic (exact) mass is 352 g/mol. The standard InChI is InChI=1S/C24H32O2/c1-4-8-22(25)26-24(5-2)16-14-21-20-12-11-17-9-6-7-10-18(17)19(20)13-15-23(21,24)3/h2,4,6-8,17-21H,9-16H2,1,3H3/t17?,18-,19+,20+,21-,23-,24-/m0/s1. The van der Waals surface area contributed by atoms with Crippen LogP contribution in [0.5, 0.6) is 0 Å². The first kappa shape index (κ1) is 17.9. The molecule has 2 nitrogen and oxygen atoms in total. The molecule has 3 fully saturated rings. The summed E-state index contributed by atoms with van der Waals surface area (Å²) in [5.41, 5.74) is -0.792. The summed E-state index contributed by atoms with van der Waals surface area (Å²) < 4.78 is 5.97. The topological polar surface area (TPSA) is 26.3 Å². The third-order valence-corrected chi connectivity index (χ3v) is 8.46. The highest BCUT2D eigenvalue weighted by atomic mass is 16.6. The lowest BCUT2D eigenvalue weighted by Crippen LogP contribution is -2.54. The van der Waals surface area contributed by atoms with Crippen molar-refractivity contribution in [2.45, 2.75) is 70.8 Å². The third kappa shape index (κ3) is 2.50. The Bertz CT molecular complexity index is 668. The minimum absolute atomic E-state index is 0.0719. The number of terminal acetylenes is 1. The fraction of sp³-hybridized carbons (Fsp3) is 0.708. The summed E-state index contributed by atoms with van der Waals surface area (Å²) in [6.07, 6.45) is 23.6. The summed E-state index contributed by atoms with van der Waals surface area (Å²) in [7, 11) is 0. The fourth-order valence-electron chi connectivity index (χ4n) is 7.19. The largest absolute Gasteiger partial charge is 0.442 e. The SMILES string of the molecule is C#C[C@]1(OC(=O)C=CC)CC[C@H]2[C@@H]3CCC4CC=CC[C@@H]4[C@H]3CC[C@@]21C. The molecule has 4 aliphatic carbocycles. The molecule has 1 unspecified atom stereocenters. The van der Waals surface area contributed by atoms with Gasteiger partial charge in [0, 0.05) is 11.5 Å². The van der Waals surface area contributed by atoms with Crippen LogP contribution in [0.3, 0.4) is 0 Å². The van der Waals surface area contributed by atoms with Gasteiger partial charge in [-0.3, -0.25) is 0 Å². The van der Waals surface area contributed by atoms with Crippen LogP contribution in [0.15, 0.2) is 24.3 Å². The quantitative estimate of drug-likeness (QED) is 0.292. The van der Waals surface area contributed by atoms with Gasteiger partial charge in [-0.05, 0) is 87.9 Å². The maximum absolute atomic E-state index is 12.2. The highest BCUT2D eigenvalue weighted by Crippen LogP contribution is 2.65. The Morgan fingerprint density at radius 2 is 1.92 bits per heavy atom. The number of carbonyl (C=O) groups is 1. The predicted molar refractivity (Wildman–Crippen MR) is 104 cm³/mol. The molecule has 0 aromatic carbocycles. The summed E-state index contributed by atoms with van der Waals surface area (Å²) in [4.78, 5) is 12.2. The van der Waals surface area contributed by atoms with Crippen LogP contribution >= 0.6 is 0 Å². The maximum atomic E-state index is 12.2. The molecular weight excluding hydrogens is 320 g/mol. The zero-order valence-electron chi connectivity index (χ0n) is 16.2. The normalized spacial score (nSPS) is 46.9. The average Bonchev–Trinajstić information content (AvgIpc) is 2.94. The molecular formula is C24H32O2. The Balaban J connectivity index is 1.61. The highest BCUT2D eigenvalue weighted by Gasteiger charge is 2.64. The van der Waals surface area contributed by atoms with Gasteiger partial charge in [0.2, 0.25) is 0 Å². The first-order chi connectivity index (χ1) is 12.5. The number of hydrogen-bond acceptors (Lipinski definition) is 2. The van der Waals surface area contributed by atoms with Gasteiger partial charge in [0.15, 0.2) is 5.60 Å². The van der Waals surface area contributed by atoms with E-state index in [-0.39, 0.29) is 11.4 Å². The summed E-state index contributed by atoms with van der Waals surface area (Å²) in [6.45, 7) is 4.15. The molecule has 4 rings (SSSR count). The Kier molecular flexibility index (Phi) is 4.54. The van der Waals surface area contributed by atoms with Crippen molar-refractivity contribution in [2.24, 2.45) is 35.0 Å². The van der Waals surface area contributed by atoms with Crippen LogP contribution in [0.4, 0.5) is 0 Å². The van der Waals surface area contributed by atoms with Crippen LogP contribution < -0.4 is 0 Å². The van der Waals surface area contributed by atoms with E-state index in [1.165, 1.54) is 38.2 Å². The molecule has 26 heavy (non-hydrogen) atoms. The van der Waals surface area contributed by atoms with Gasteiger partial charge in [-0.15, -0.1) is 6.42 Å². The number of fused-ring (bicyclic) bond motifs is 5. The molecule has 0 N–H and O–H groups in total. The molecule has 7 atom stereocenters. The number of hydrogen-bond donors (Lipinski definition) is 0. The van der Waals surface area contributed by atoms with Crippen LogP contribution in [0, 0.1) is 47.3 Å². The highest BCUT2D eigenvalue weighted by molar-refractivity contribution is 5.82. The first-order valence-electron chi connectivity index (χ1n) is 10.5. The van der Waals surface area contributed by atoms with Gasteiger partial charge in [-0.1, -0.05) is 31.1 Å². The van der Waals surface area contributed by atoms with Gasteiger partial charge in [0.05, 0.1) is 0 Å². The van der Waals surface area contributed by atoms with E-state index in [0.29, 0.717) is 5.92 Å². The summed E-state index contributed by atoms with van der Waals surface area (Å²) in [6, 6.07) is 0. The van der Waals surface area contributed by atoms with E-state index in [2.05, 4.69) is 25.0 Å². The van der Waals surface area contributed by atoms with Gasteiger partial charge in [-0.25, -0.2) is 4.79 Å². The molecule has 0 radical (unpaired) electrons. The van der Waals surface area contributed by atoms with Crippen LogP contribution in [0.2, 0.25) is 0 Å². The van der Waals surface area contributed by atoms with Crippen LogP contribution in [0.25, 0.3) is 0 Å². The van der Waals surface area contributed by atoms with E-state index in [4.69, 9.17) is 11.2 Å².